The van der Waals surface area contributed by atoms with Gasteiger partial charge >= 0.3 is 0 Å². The summed E-state index contributed by atoms with van der Waals surface area (Å²) in [5.41, 5.74) is 40.8. The molecule has 3 unspecified atom stereocenters. The van der Waals surface area contributed by atoms with Crippen LogP contribution in [0.25, 0.3) is 0 Å². The van der Waals surface area contributed by atoms with E-state index in [0.29, 0.717) is 50.4 Å². The molecule has 29 aliphatic rings. The van der Waals surface area contributed by atoms with E-state index in [9.17, 15) is 0 Å². The smallest absolute Gasteiger partial charge is 0.0217 e. The lowest BCUT2D eigenvalue weighted by Gasteiger charge is -2.64. The number of hydrogen-bond donors (Lipinski definition) is 7. The van der Waals surface area contributed by atoms with Crippen LogP contribution < -0.4 is 39.7 Å². The molecule has 1 saturated heterocycles. The summed E-state index contributed by atoms with van der Waals surface area (Å²) in [6.45, 7) is 12.8. The summed E-state index contributed by atoms with van der Waals surface area (Å²) in [5, 5.41) is 3.75. The molecule has 28 bridgehead atoms. The predicted molar refractivity (Wildman–Crippen MR) is 373 cm³/mol. The standard InChI is InChI=1S/C15H25N.C12H22N2.2C12H21N.C11H19N.2C10H17N/c1-2-4-16(5-3-1)15-9-12-6-13(10-15)8-14(7-12)11-15;13-1-2-14-12-6-9-3-10(7-12)5-11(4-9)8-12;1-10-3-9-4-11(2,6-10)8-12(13,5-9)7-10;1-8(13)12-5-9-2-10(6-12)4-11(3-9)7-12;12-7-11-4-8-1-9(5-11)3-10(2-8)6-11;11-10-4-7-1-8(5-10)3-9(2-7)6-10;11-10-8-2-6-1-7(4-8)5-9(10)3-6/h12-14H,1-11H2;9-11,14H,1-8,13H2;9H,3-8,13H2,1-2H3;8-11H,2-7,13H2,1H3;8-10H,1-7,12H2;7-9H,1-6,11H2;6-10H,1-5,11H2. The van der Waals surface area contributed by atoms with Crippen LogP contribution in [0.5, 0.6) is 0 Å². The van der Waals surface area contributed by atoms with E-state index in [4.69, 9.17) is 34.4 Å². The Morgan fingerprint density at radius 2 is 0.733 bits per heavy atom. The normalized spacial score (nSPS) is 56.6. The minimum Gasteiger partial charge on any atom is -0.330 e. The van der Waals surface area contributed by atoms with Crippen LogP contribution in [0.3, 0.4) is 0 Å². The molecule has 29 fully saturated rings. The van der Waals surface area contributed by atoms with E-state index in [1.165, 1.54) is 251 Å². The average molecular weight is 1240 g/mol. The summed E-state index contributed by atoms with van der Waals surface area (Å²) in [7, 11) is 0. The van der Waals surface area contributed by atoms with Crippen molar-refractivity contribution >= 4 is 0 Å². The minimum atomic E-state index is 0.225. The Labute approximate surface area is 552 Å². The SMILES string of the molecule is C1CCN(C23CC4CC(CC(C4)C2)C3)CC1.CC(N)C12CC3CC(CC(C3)C1)C2.CC12CC3CC(C)(C1)CC(N)(C3)C2.NC12CC3CC(CC(C3)C1)C2.NC1C2CC3CC(C2)CC1C3.NCC12CC3CC(CC(C3)C1)C2.NCCNC12CC3CC(CC(C3)C1)C2. The third-order valence-electron chi connectivity index (χ3n) is 33.4. The molecule has 510 valence electrons. The van der Waals surface area contributed by atoms with Gasteiger partial charge in [0.15, 0.2) is 0 Å². The Hall–Kier alpha value is -0.320. The molecule has 90 heavy (non-hydrogen) atoms. The van der Waals surface area contributed by atoms with Gasteiger partial charge in [-0.3, -0.25) is 4.90 Å². The van der Waals surface area contributed by atoms with Crippen molar-refractivity contribution in [1.82, 2.24) is 10.2 Å². The topological polar surface area (TPSA) is 171 Å². The Bertz CT molecular complexity index is 2220. The van der Waals surface area contributed by atoms with Gasteiger partial charge in [-0.2, -0.15) is 0 Å². The quantitative estimate of drug-likeness (QED) is 0.138. The van der Waals surface area contributed by atoms with Crippen molar-refractivity contribution in [3.63, 3.8) is 0 Å². The van der Waals surface area contributed by atoms with Crippen molar-refractivity contribution in [2.24, 2.45) is 174 Å². The van der Waals surface area contributed by atoms with E-state index in [2.05, 4.69) is 31.0 Å². The van der Waals surface area contributed by atoms with Crippen molar-refractivity contribution in [2.45, 2.75) is 338 Å². The highest BCUT2D eigenvalue weighted by molar-refractivity contribution is 5.14. The van der Waals surface area contributed by atoms with Gasteiger partial charge in [0.1, 0.15) is 0 Å². The summed E-state index contributed by atoms with van der Waals surface area (Å²) in [6, 6.07) is 1.03. The van der Waals surface area contributed by atoms with Crippen LogP contribution in [0.1, 0.15) is 303 Å². The highest BCUT2D eigenvalue weighted by Gasteiger charge is 2.60. The number of piperidine rings is 1. The zero-order valence-corrected chi connectivity index (χ0v) is 58.8. The van der Waals surface area contributed by atoms with E-state index >= 15 is 0 Å². The summed E-state index contributed by atoms with van der Waals surface area (Å²) in [5.74, 6) is 20.9. The Morgan fingerprint density at radius 3 is 1.08 bits per heavy atom. The summed E-state index contributed by atoms with van der Waals surface area (Å²) >= 11 is 0. The molecule has 13 N–H and O–H groups in total. The van der Waals surface area contributed by atoms with Gasteiger partial charge in [-0.25, -0.2) is 0 Å². The number of nitrogens with zero attached hydrogens (tertiary/aromatic N) is 1. The molecular weight excluding hydrogens is 1100 g/mol. The minimum absolute atomic E-state index is 0.225. The molecule has 1 heterocycles. The van der Waals surface area contributed by atoms with E-state index < -0.39 is 0 Å². The van der Waals surface area contributed by atoms with Crippen LogP contribution in [0, 0.1) is 140 Å². The molecule has 28 saturated carbocycles. The summed E-state index contributed by atoms with van der Waals surface area (Å²) < 4.78 is 0. The third kappa shape index (κ3) is 13.2. The van der Waals surface area contributed by atoms with Gasteiger partial charge in [0.25, 0.3) is 0 Å². The van der Waals surface area contributed by atoms with Gasteiger partial charge in [-0.05, 0) is 443 Å². The lowest BCUT2D eigenvalue weighted by molar-refractivity contribution is -0.104. The van der Waals surface area contributed by atoms with Gasteiger partial charge in [0.2, 0.25) is 0 Å². The fourth-order valence-corrected chi connectivity index (χ4v) is 33.4. The first-order valence-electron chi connectivity index (χ1n) is 41.1. The van der Waals surface area contributed by atoms with Gasteiger partial charge in [-0.1, -0.05) is 20.3 Å². The second-order valence-electron chi connectivity index (χ2n) is 42.1. The van der Waals surface area contributed by atoms with Gasteiger partial charge in [0.05, 0.1) is 0 Å². The second kappa shape index (κ2) is 24.5. The fraction of sp³-hybridized carbons (Fsp3) is 1.00. The number of nitrogens with one attached hydrogen (secondary N) is 1. The predicted octanol–water partition coefficient (Wildman–Crippen LogP) is 16.0. The second-order valence-corrected chi connectivity index (χ2v) is 42.1. The summed E-state index contributed by atoms with van der Waals surface area (Å²) in [4.78, 5) is 2.93. The zero-order valence-electron chi connectivity index (χ0n) is 58.8. The molecule has 0 radical (unpaired) electrons. The van der Waals surface area contributed by atoms with Crippen molar-refractivity contribution in [3.05, 3.63) is 0 Å². The lowest BCUT2D eigenvalue weighted by Crippen LogP contribution is -2.62. The first kappa shape index (κ1) is 64.4. The van der Waals surface area contributed by atoms with Crippen LogP contribution in [0.15, 0.2) is 0 Å². The van der Waals surface area contributed by atoms with E-state index in [0.717, 1.165) is 138 Å². The summed E-state index contributed by atoms with van der Waals surface area (Å²) in [6.07, 6.45) is 65.1. The zero-order chi connectivity index (χ0) is 61.6. The molecule has 8 heteroatoms. The highest BCUT2D eigenvalue weighted by Crippen LogP contribution is 2.67. The van der Waals surface area contributed by atoms with E-state index in [1.807, 2.05) is 0 Å². The number of likely N-dealkylation sites (tertiary alicyclic amines) is 1. The number of nitrogens with two attached hydrogens (primary N) is 6. The van der Waals surface area contributed by atoms with Crippen molar-refractivity contribution in [2.75, 3.05) is 32.7 Å². The van der Waals surface area contributed by atoms with Crippen molar-refractivity contribution < 1.29 is 0 Å². The number of rotatable bonds is 6. The van der Waals surface area contributed by atoms with Gasteiger partial charge in [-0.15, -0.1) is 0 Å². The average Bonchev–Trinajstić information content (AvgIpc) is 0.776. The van der Waals surface area contributed by atoms with Crippen LogP contribution in [-0.4, -0.2) is 71.9 Å². The van der Waals surface area contributed by atoms with Crippen LogP contribution in [0.2, 0.25) is 0 Å². The first-order chi connectivity index (χ1) is 43.1. The third-order valence-corrected chi connectivity index (χ3v) is 33.4. The molecule has 28 aliphatic carbocycles. The largest absolute Gasteiger partial charge is 0.330 e. The fourth-order valence-electron chi connectivity index (χ4n) is 33.4. The highest BCUT2D eigenvalue weighted by atomic mass is 15.2. The molecule has 0 aromatic carbocycles. The van der Waals surface area contributed by atoms with Crippen LogP contribution in [-0.2, 0) is 0 Å². The van der Waals surface area contributed by atoms with Crippen LogP contribution in [0.4, 0.5) is 0 Å². The molecule has 8 nitrogen and oxygen atoms in total. The van der Waals surface area contributed by atoms with Crippen molar-refractivity contribution in [3.8, 4) is 0 Å². The molecule has 3 atom stereocenters. The van der Waals surface area contributed by atoms with Gasteiger partial charge in [0, 0.05) is 47.3 Å². The molecule has 0 spiro atoms. The van der Waals surface area contributed by atoms with E-state index in [1.54, 1.807) is 44.9 Å². The van der Waals surface area contributed by atoms with Crippen LogP contribution >= 0.6 is 0 Å². The molecule has 0 aromatic heterocycles. The molecule has 0 aromatic rings. The maximum absolute atomic E-state index is 6.49. The maximum atomic E-state index is 6.49. The molecular formula is C82H142N8. The first-order valence-corrected chi connectivity index (χ1v) is 41.1. The monoisotopic (exact) mass is 1240 g/mol. The maximum Gasteiger partial charge on any atom is 0.0217 e. The van der Waals surface area contributed by atoms with Gasteiger partial charge < -0.3 is 39.7 Å². The Kier molecular flexibility index (Phi) is 17.5. The number of hydrogen-bond acceptors (Lipinski definition) is 8. The van der Waals surface area contributed by atoms with E-state index in [-0.39, 0.29) is 5.54 Å². The van der Waals surface area contributed by atoms with Crippen molar-refractivity contribution in [1.29, 1.82) is 0 Å². The Morgan fingerprint density at radius 1 is 0.389 bits per heavy atom. The lowest BCUT2D eigenvalue weighted by atomic mass is 9.43. The molecule has 29 rings (SSSR count). The Balaban J connectivity index is 0.0000000843. The molecule has 1 aliphatic heterocycles. The molecule has 0 amide bonds.